The lowest BCUT2D eigenvalue weighted by Gasteiger charge is -2.08. The van der Waals surface area contributed by atoms with Crippen LogP contribution < -0.4 is 4.57 Å². The van der Waals surface area contributed by atoms with E-state index < -0.39 is 25.7 Å². The Morgan fingerprint density at radius 1 is 0.806 bits per heavy atom. The van der Waals surface area contributed by atoms with Gasteiger partial charge in [0.15, 0.2) is 10.1 Å². The second-order valence-electron chi connectivity index (χ2n) is 9.02. The van der Waals surface area contributed by atoms with Crippen LogP contribution in [0.4, 0.5) is 13.2 Å². The van der Waals surface area contributed by atoms with Gasteiger partial charge in [-0.05, 0) is 12.8 Å². The highest BCUT2D eigenvalue weighted by Crippen LogP contribution is 2.20. The number of rotatable bonds is 19. The van der Waals surface area contributed by atoms with Crippen molar-refractivity contribution in [3.63, 3.8) is 0 Å². The highest BCUT2D eigenvalue weighted by molar-refractivity contribution is 7.86. The molecule has 0 fully saturated rings. The van der Waals surface area contributed by atoms with Gasteiger partial charge in [-0.25, -0.2) is 17.6 Å². The minimum atomic E-state index is -6.09. The number of hydrogen-bond acceptors (Lipinski definition) is 5. The quantitative estimate of drug-likeness (QED) is 0.101. The van der Waals surface area contributed by atoms with Gasteiger partial charge in [0.2, 0.25) is 6.33 Å². The van der Waals surface area contributed by atoms with Gasteiger partial charge in [-0.3, -0.25) is 4.55 Å². The standard InChI is InChI=1S/C22H42N2O3S.CHF3O3S/c1-2-3-4-5-6-7-8-9-10-11-12-13-14-15-17-23-19-20-24(22-23)18-16-21-28(25,26)27;2-1(3,4)8(5,6)7/h19-20,22H,2-18,21H2,1H3;(H,5,6,7). The molecule has 1 aromatic rings. The fourth-order valence-electron chi connectivity index (χ4n) is 3.62. The molecule has 0 aromatic carbocycles. The Labute approximate surface area is 214 Å². The van der Waals surface area contributed by atoms with Crippen LogP contribution in [0.1, 0.15) is 103 Å². The summed E-state index contributed by atoms with van der Waals surface area (Å²) < 4.78 is 93.3. The summed E-state index contributed by atoms with van der Waals surface area (Å²) in [5, 5.41) is 0. The Kier molecular flexibility index (Phi) is 18.3. The van der Waals surface area contributed by atoms with Crippen LogP contribution in [0, 0.1) is 0 Å². The third kappa shape index (κ3) is 21.0. The number of hydrogen-bond donors (Lipinski definition) is 1. The molecule has 0 aliphatic heterocycles. The number of nitrogens with zero attached hydrogens (tertiary/aromatic N) is 2. The minimum absolute atomic E-state index is 0.176. The Morgan fingerprint density at radius 3 is 1.61 bits per heavy atom. The van der Waals surface area contributed by atoms with Crippen molar-refractivity contribution in [1.29, 1.82) is 0 Å². The van der Waals surface area contributed by atoms with Gasteiger partial charge < -0.3 is 4.55 Å². The normalized spacial score (nSPS) is 12.4. The lowest BCUT2D eigenvalue weighted by Crippen LogP contribution is -2.32. The van der Waals surface area contributed by atoms with E-state index in [2.05, 4.69) is 11.5 Å². The fraction of sp³-hybridized carbons (Fsp3) is 0.870. The van der Waals surface area contributed by atoms with Crippen molar-refractivity contribution in [2.75, 3.05) is 5.75 Å². The van der Waals surface area contributed by atoms with Crippen LogP contribution in [0.3, 0.4) is 0 Å². The van der Waals surface area contributed by atoms with E-state index in [9.17, 15) is 21.6 Å². The van der Waals surface area contributed by atoms with E-state index in [4.69, 9.17) is 17.5 Å². The third-order valence-corrected chi connectivity index (χ3v) is 6.99. The molecule has 1 N–H and O–H groups in total. The second-order valence-corrected chi connectivity index (χ2v) is 12.0. The zero-order chi connectivity index (χ0) is 27.5. The summed E-state index contributed by atoms with van der Waals surface area (Å²) in [6, 6.07) is 0. The first kappa shape index (κ1) is 34.8. The SMILES string of the molecule is CCCCCCCCCCCCCCCCn1cc[n+](CCCS(=O)(=O)O)c1.O=S(=O)([O-])C(F)(F)F. The van der Waals surface area contributed by atoms with Gasteiger partial charge in [0.25, 0.3) is 10.1 Å². The molecule has 0 unspecified atom stereocenters. The number of unbranched alkanes of at least 4 members (excludes halogenated alkanes) is 13. The molecule has 13 heteroatoms. The average molecular weight is 565 g/mol. The summed E-state index contributed by atoms with van der Waals surface area (Å²) in [5.74, 6) is -0.176. The molecular formula is C23H43F3N2O6S2. The maximum atomic E-state index is 10.7. The average Bonchev–Trinajstić information content (AvgIpc) is 3.19. The predicted molar refractivity (Wildman–Crippen MR) is 132 cm³/mol. The maximum absolute atomic E-state index is 10.7. The van der Waals surface area contributed by atoms with Crippen molar-refractivity contribution >= 4 is 20.2 Å². The minimum Gasteiger partial charge on any atom is -0.741 e. The van der Waals surface area contributed by atoms with E-state index in [1.807, 2.05) is 23.3 Å². The summed E-state index contributed by atoms with van der Waals surface area (Å²) >= 11 is 0. The number of aryl methyl sites for hydroxylation is 2. The Morgan fingerprint density at radius 2 is 1.22 bits per heavy atom. The van der Waals surface area contributed by atoms with Crippen molar-refractivity contribution in [3.8, 4) is 0 Å². The summed E-state index contributed by atoms with van der Waals surface area (Å²) in [6.07, 6.45) is 25.7. The first-order valence-electron chi connectivity index (χ1n) is 12.8. The number of halogens is 3. The molecule has 214 valence electrons. The van der Waals surface area contributed by atoms with Crippen molar-refractivity contribution in [3.05, 3.63) is 18.7 Å². The van der Waals surface area contributed by atoms with Crippen LogP contribution in [0.5, 0.6) is 0 Å². The lowest BCUT2D eigenvalue weighted by molar-refractivity contribution is -0.696. The molecule has 0 aliphatic rings. The second kappa shape index (κ2) is 19.0. The van der Waals surface area contributed by atoms with E-state index in [-0.39, 0.29) is 5.75 Å². The highest BCUT2D eigenvalue weighted by Gasteiger charge is 2.36. The molecule has 0 atom stereocenters. The van der Waals surface area contributed by atoms with Gasteiger partial charge in [0.05, 0.1) is 18.8 Å². The molecule has 8 nitrogen and oxygen atoms in total. The monoisotopic (exact) mass is 564 g/mol. The van der Waals surface area contributed by atoms with Gasteiger partial charge >= 0.3 is 5.51 Å². The van der Waals surface area contributed by atoms with Crippen LogP contribution in [0.25, 0.3) is 0 Å². The predicted octanol–water partition coefficient (Wildman–Crippen LogP) is 5.59. The van der Waals surface area contributed by atoms with E-state index in [1.165, 1.54) is 89.9 Å². The molecule has 0 aliphatic carbocycles. The summed E-state index contributed by atoms with van der Waals surface area (Å²) in [5.41, 5.74) is -5.65. The molecule has 0 bridgehead atoms. The zero-order valence-corrected chi connectivity index (χ0v) is 22.9. The topological polar surface area (TPSA) is 120 Å². The van der Waals surface area contributed by atoms with Gasteiger partial charge in [0, 0.05) is 6.42 Å². The van der Waals surface area contributed by atoms with Gasteiger partial charge in [0.1, 0.15) is 12.4 Å². The largest absolute Gasteiger partial charge is 0.741 e. The molecule has 1 rings (SSSR count). The van der Waals surface area contributed by atoms with Crippen molar-refractivity contribution in [2.45, 2.75) is 122 Å². The summed E-state index contributed by atoms with van der Waals surface area (Å²) in [4.78, 5) is 0. The first-order valence-corrected chi connectivity index (χ1v) is 15.8. The van der Waals surface area contributed by atoms with Gasteiger partial charge in [-0.15, -0.1) is 0 Å². The molecule has 0 saturated carbocycles. The molecule has 0 radical (unpaired) electrons. The Hall–Kier alpha value is -1.18. The molecule has 1 heterocycles. The van der Waals surface area contributed by atoms with Crippen LogP contribution in [-0.2, 0) is 33.3 Å². The Balaban J connectivity index is 0.00000131. The van der Waals surface area contributed by atoms with E-state index in [0.717, 1.165) is 6.54 Å². The first-order chi connectivity index (χ1) is 16.8. The number of alkyl halides is 3. The summed E-state index contributed by atoms with van der Waals surface area (Å²) in [7, 11) is -9.93. The number of aromatic nitrogens is 2. The van der Waals surface area contributed by atoms with Crippen molar-refractivity contribution < 1.29 is 43.7 Å². The van der Waals surface area contributed by atoms with Crippen LogP contribution in [-0.4, -0.2) is 41.8 Å². The van der Waals surface area contributed by atoms with Crippen LogP contribution in [0.2, 0.25) is 0 Å². The summed E-state index contributed by atoms with van der Waals surface area (Å²) in [6.45, 7) is 3.91. The molecule has 0 amide bonds. The maximum Gasteiger partial charge on any atom is 0.485 e. The molecule has 0 saturated heterocycles. The third-order valence-electron chi connectivity index (χ3n) is 5.62. The molecule has 0 spiro atoms. The smallest absolute Gasteiger partial charge is 0.485 e. The Bertz CT molecular complexity index is 888. The van der Waals surface area contributed by atoms with E-state index in [0.29, 0.717) is 13.0 Å². The zero-order valence-electron chi connectivity index (χ0n) is 21.3. The fourth-order valence-corrected chi connectivity index (χ4v) is 4.12. The van der Waals surface area contributed by atoms with Crippen LogP contribution >= 0.6 is 0 Å². The number of imidazole rings is 1. The lowest BCUT2D eigenvalue weighted by atomic mass is 10.0. The van der Waals surface area contributed by atoms with Gasteiger partial charge in [-0.2, -0.15) is 21.6 Å². The van der Waals surface area contributed by atoms with Gasteiger partial charge in [-0.1, -0.05) is 84.0 Å². The van der Waals surface area contributed by atoms with Crippen LogP contribution in [0.15, 0.2) is 18.7 Å². The van der Waals surface area contributed by atoms with E-state index in [1.54, 1.807) is 0 Å². The van der Waals surface area contributed by atoms with Crippen molar-refractivity contribution in [1.82, 2.24) is 4.57 Å². The highest BCUT2D eigenvalue weighted by atomic mass is 32.2. The van der Waals surface area contributed by atoms with E-state index >= 15 is 0 Å². The molecule has 1 aromatic heterocycles. The van der Waals surface area contributed by atoms with Crippen molar-refractivity contribution in [2.24, 2.45) is 0 Å². The molecule has 36 heavy (non-hydrogen) atoms. The molecular weight excluding hydrogens is 521 g/mol.